The zero-order valence-corrected chi connectivity index (χ0v) is 14.3. The zero-order chi connectivity index (χ0) is 17.7. The molecule has 25 heavy (non-hydrogen) atoms. The summed E-state index contributed by atoms with van der Waals surface area (Å²) in [5.41, 5.74) is -1.62. The van der Waals surface area contributed by atoms with Gasteiger partial charge >= 0.3 is 6.03 Å². The van der Waals surface area contributed by atoms with E-state index in [2.05, 4.69) is 16.7 Å². The SMILES string of the molecule is N#CC1(NC(=O)CN2C(=O)NC(C3CC3)(C3CC3)C2=O)CCCCC1. The van der Waals surface area contributed by atoms with E-state index in [0.29, 0.717) is 12.8 Å². The van der Waals surface area contributed by atoms with Crippen molar-refractivity contribution >= 4 is 17.8 Å². The normalized spacial score (nSPS) is 27.6. The van der Waals surface area contributed by atoms with Crippen LogP contribution in [0.15, 0.2) is 0 Å². The van der Waals surface area contributed by atoms with Crippen LogP contribution in [0.1, 0.15) is 57.8 Å². The predicted molar refractivity (Wildman–Crippen MR) is 88.0 cm³/mol. The van der Waals surface area contributed by atoms with Crippen LogP contribution >= 0.6 is 0 Å². The second-order valence-electron chi connectivity index (χ2n) is 8.04. The van der Waals surface area contributed by atoms with Crippen molar-refractivity contribution < 1.29 is 14.4 Å². The molecule has 0 radical (unpaired) electrons. The number of amides is 4. The number of imide groups is 1. The minimum atomic E-state index is -0.849. The monoisotopic (exact) mass is 344 g/mol. The molecule has 7 heteroatoms. The van der Waals surface area contributed by atoms with Crippen LogP contribution in [-0.2, 0) is 9.59 Å². The molecule has 0 aromatic rings. The van der Waals surface area contributed by atoms with Gasteiger partial charge in [-0.1, -0.05) is 19.3 Å². The second kappa shape index (κ2) is 5.72. The Morgan fingerprint density at radius 2 is 1.76 bits per heavy atom. The van der Waals surface area contributed by atoms with Gasteiger partial charge in [0.05, 0.1) is 6.07 Å². The maximum atomic E-state index is 13.0. The molecular weight excluding hydrogens is 320 g/mol. The van der Waals surface area contributed by atoms with E-state index >= 15 is 0 Å². The lowest BCUT2D eigenvalue weighted by Crippen LogP contribution is -2.53. The standard InChI is InChI=1S/C18H24N4O3/c19-11-17(8-2-1-3-9-17)20-14(23)10-22-15(24)18(12-4-5-12,13-6-7-13)21-16(22)25/h12-13H,1-10H2,(H,20,23)(H,21,25). The fourth-order valence-corrected chi connectivity index (χ4v) is 4.59. The molecule has 4 amide bonds. The molecule has 0 bridgehead atoms. The van der Waals surface area contributed by atoms with Crippen LogP contribution in [0.3, 0.4) is 0 Å². The van der Waals surface area contributed by atoms with Gasteiger partial charge in [-0.2, -0.15) is 5.26 Å². The number of nitrogens with one attached hydrogen (secondary N) is 2. The fourth-order valence-electron chi connectivity index (χ4n) is 4.59. The molecule has 2 N–H and O–H groups in total. The molecular formula is C18H24N4O3. The number of hydrogen-bond donors (Lipinski definition) is 2. The highest BCUT2D eigenvalue weighted by atomic mass is 16.2. The summed E-state index contributed by atoms with van der Waals surface area (Å²) >= 11 is 0. The van der Waals surface area contributed by atoms with Gasteiger partial charge < -0.3 is 10.6 Å². The first-order valence-corrected chi connectivity index (χ1v) is 9.37. The highest BCUT2D eigenvalue weighted by molar-refractivity contribution is 6.09. The average Bonchev–Trinajstić information content (AvgIpc) is 3.49. The van der Waals surface area contributed by atoms with Gasteiger partial charge in [0.2, 0.25) is 5.91 Å². The van der Waals surface area contributed by atoms with Gasteiger partial charge in [0.1, 0.15) is 17.6 Å². The zero-order valence-electron chi connectivity index (χ0n) is 14.3. The minimum absolute atomic E-state index is 0.216. The number of nitriles is 1. The molecule has 4 rings (SSSR count). The molecule has 3 saturated carbocycles. The number of nitrogens with zero attached hydrogens (tertiary/aromatic N) is 2. The summed E-state index contributed by atoms with van der Waals surface area (Å²) in [5.74, 6) is -0.233. The van der Waals surface area contributed by atoms with Crippen molar-refractivity contribution in [2.75, 3.05) is 6.54 Å². The molecule has 0 aromatic carbocycles. The van der Waals surface area contributed by atoms with Crippen molar-refractivity contribution in [3.05, 3.63) is 0 Å². The van der Waals surface area contributed by atoms with Crippen LogP contribution in [0.5, 0.6) is 0 Å². The summed E-state index contributed by atoms with van der Waals surface area (Å²) in [7, 11) is 0. The topological polar surface area (TPSA) is 102 Å². The van der Waals surface area contributed by atoms with E-state index in [0.717, 1.165) is 49.8 Å². The maximum absolute atomic E-state index is 13.0. The van der Waals surface area contributed by atoms with E-state index in [1.807, 2.05) is 0 Å². The van der Waals surface area contributed by atoms with E-state index in [9.17, 15) is 19.6 Å². The Morgan fingerprint density at radius 3 is 2.28 bits per heavy atom. The van der Waals surface area contributed by atoms with Gasteiger partial charge in [-0.25, -0.2) is 4.79 Å². The third-order valence-corrected chi connectivity index (χ3v) is 6.20. The number of rotatable bonds is 5. The Labute approximate surface area is 147 Å². The summed E-state index contributed by atoms with van der Waals surface area (Å²) in [6.07, 6.45) is 7.97. The lowest BCUT2D eigenvalue weighted by Gasteiger charge is -2.32. The van der Waals surface area contributed by atoms with Crippen molar-refractivity contribution in [1.82, 2.24) is 15.5 Å². The summed E-state index contributed by atoms with van der Waals surface area (Å²) < 4.78 is 0. The molecule has 1 heterocycles. The Kier molecular flexibility index (Phi) is 3.75. The first-order valence-electron chi connectivity index (χ1n) is 9.37. The quantitative estimate of drug-likeness (QED) is 0.737. The average molecular weight is 344 g/mol. The van der Waals surface area contributed by atoms with Gasteiger partial charge in [-0.15, -0.1) is 0 Å². The highest BCUT2D eigenvalue weighted by Gasteiger charge is 2.65. The van der Waals surface area contributed by atoms with E-state index < -0.39 is 23.0 Å². The molecule has 0 spiro atoms. The van der Waals surface area contributed by atoms with Crippen LogP contribution in [-0.4, -0.2) is 40.4 Å². The third kappa shape index (κ3) is 2.68. The third-order valence-electron chi connectivity index (χ3n) is 6.20. The summed E-state index contributed by atoms with van der Waals surface area (Å²) in [5, 5.41) is 15.2. The van der Waals surface area contributed by atoms with Gasteiger partial charge in [-0.05, 0) is 50.4 Å². The Balaban J connectivity index is 1.45. The molecule has 1 saturated heterocycles. The van der Waals surface area contributed by atoms with Gasteiger partial charge in [0.15, 0.2) is 0 Å². The molecule has 7 nitrogen and oxygen atoms in total. The van der Waals surface area contributed by atoms with E-state index in [1.54, 1.807) is 0 Å². The Bertz CT molecular complexity index is 642. The van der Waals surface area contributed by atoms with Gasteiger partial charge in [-0.3, -0.25) is 14.5 Å². The number of carbonyl (C=O) groups excluding carboxylic acids is 3. The van der Waals surface area contributed by atoms with Crippen molar-refractivity contribution in [3.8, 4) is 6.07 Å². The molecule has 134 valence electrons. The van der Waals surface area contributed by atoms with E-state index in [-0.39, 0.29) is 24.3 Å². The molecule has 0 atom stereocenters. The van der Waals surface area contributed by atoms with Crippen LogP contribution in [0.4, 0.5) is 4.79 Å². The van der Waals surface area contributed by atoms with Crippen LogP contribution < -0.4 is 10.6 Å². The first kappa shape index (κ1) is 16.4. The fraction of sp³-hybridized carbons (Fsp3) is 0.778. The molecule has 0 aromatic heterocycles. The highest BCUT2D eigenvalue weighted by Crippen LogP contribution is 2.54. The smallest absolute Gasteiger partial charge is 0.325 e. The van der Waals surface area contributed by atoms with Crippen LogP contribution in [0.25, 0.3) is 0 Å². The van der Waals surface area contributed by atoms with E-state index in [4.69, 9.17) is 0 Å². The molecule has 4 aliphatic rings. The Morgan fingerprint density at radius 1 is 1.16 bits per heavy atom. The number of urea groups is 1. The number of hydrogen-bond acceptors (Lipinski definition) is 4. The summed E-state index contributed by atoms with van der Waals surface area (Å²) in [6, 6.07) is 1.77. The molecule has 3 aliphatic carbocycles. The van der Waals surface area contributed by atoms with Crippen molar-refractivity contribution in [3.63, 3.8) is 0 Å². The summed E-state index contributed by atoms with van der Waals surface area (Å²) in [4.78, 5) is 38.9. The molecule has 0 unspecified atom stereocenters. The maximum Gasteiger partial charge on any atom is 0.325 e. The van der Waals surface area contributed by atoms with Gasteiger partial charge in [0, 0.05) is 0 Å². The van der Waals surface area contributed by atoms with E-state index in [1.165, 1.54) is 0 Å². The van der Waals surface area contributed by atoms with Crippen molar-refractivity contribution in [2.24, 2.45) is 11.8 Å². The van der Waals surface area contributed by atoms with Crippen molar-refractivity contribution in [1.29, 1.82) is 5.26 Å². The first-order chi connectivity index (χ1) is 12.0. The van der Waals surface area contributed by atoms with Gasteiger partial charge in [0.25, 0.3) is 5.91 Å². The van der Waals surface area contributed by atoms with Crippen LogP contribution in [0, 0.1) is 23.2 Å². The lowest BCUT2D eigenvalue weighted by molar-refractivity contribution is -0.136. The largest absolute Gasteiger partial charge is 0.336 e. The van der Waals surface area contributed by atoms with Crippen molar-refractivity contribution in [2.45, 2.75) is 68.9 Å². The molecule has 1 aliphatic heterocycles. The minimum Gasteiger partial charge on any atom is -0.336 e. The molecule has 4 fully saturated rings. The lowest BCUT2D eigenvalue weighted by atomic mass is 9.83. The van der Waals surface area contributed by atoms with Crippen LogP contribution in [0.2, 0.25) is 0 Å². The second-order valence-corrected chi connectivity index (χ2v) is 8.04. The number of carbonyl (C=O) groups is 3. The summed E-state index contributed by atoms with van der Waals surface area (Å²) in [6.45, 7) is -0.296. The Hall–Kier alpha value is -2.10. The predicted octanol–water partition coefficient (Wildman–Crippen LogP) is 1.44.